The molecule has 29 heavy (non-hydrogen) atoms. The first kappa shape index (κ1) is 22.5. The summed E-state index contributed by atoms with van der Waals surface area (Å²) < 4.78 is 32.0. The lowest BCUT2D eigenvalue weighted by Crippen LogP contribution is -2.48. The van der Waals surface area contributed by atoms with Crippen LogP contribution < -0.4 is 15.8 Å². The van der Waals surface area contributed by atoms with Gasteiger partial charge in [-0.05, 0) is 29.8 Å². The predicted molar refractivity (Wildman–Crippen MR) is 106 cm³/mol. The zero-order valence-corrected chi connectivity index (χ0v) is 16.4. The molecule has 0 fully saturated rings. The summed E-state index contributed by atoms with van der Waals surface area (Å²) in [4.78, 5) is 23.6. The fourth-order valence-corrected chi connectivity index (χ4v) is 3.57. The smallest absolute Gasteiger partial charge is 0.323 e. The summed E-state index contributed by atoms with van der Waals surface area (Å²) in [7, 11) is -4.04. The van der Waals surface area contributed by atoms with E-state index in [-0.39, 0.29) is 4.90 Å². The number of carbonyl (C=O) groups excluding carboxylic acids is 1. The van der Waals surface area contributed by atoms with Gasteiger partial charge in [-0.15, -0.1) is 0 Å². The first-order chi connectivity index (χ1) is 13.8. The molecule has 2 aromatic rings. The molecule has 0 aromatic heterocycles. The number of rotatable bonds is 11. The minimum absolute atomic E-state index is 0.0648. The topological polar surface area (TPSA) is 148 Å². The van der Waals surface area contributed by atoms with Crippen molar-refractivity contribution in [3.05, 3.63) is 65.7 Å². The van der Waals surface area contributed by atoms with E-state index in [9.17, 15) is 23.1 Å². The number of ether oxygens (including phenoxy) is 1. The number of carboxylic acids is 1. The average molecular weight is 421 g/mol. The van der Waals surface area contributed by atoms with Gasteiger partial charge < -0.3 is 20.9 Å². The summed E-state index contributed by atoms with van der Waals surface area (Å²) in [5, 5.41) is 11.7. The van der Waals surface area contributed by atoms with E-state index in [4.69, 9.17) is 10.5 Å². The van der Waals surface area contributed by atoms with Crippen LogP contribution in [-0.2, 0) is 26.2 Å². The van der Waals surface area contributed by atoms with Crippen molar-refractivity contribution in [2.75, 3.05) is 19.7 Å². The summed E-state index contributed by atoms with van der Waals surface area (Å²) in [5.74, 6) is -1.93. The number of carboxylic acid groups (broad SMARTS) is 1. The summed E-state index contributed by atoms with van der Waals surface area (Å²) in [6.07, 6.45) is 0. The van der Waals surface area contributed by atoms with E-state index in [2.05, 4.69) is 10.0 Å². The van der Waals surface area contributed by atoms with E-state index in [0.29, 0.717) is 25.3 Å². The molecule has 0 spiro atoms. The Balaban J connectivity index is 1.96. The van der Waals surface area contributed by atoms with Crippen LogP contribution in [0.15, 0.2) is 59.5 Å². The Hall–Kier alpha value is -2.79. The molecule has 0 heterocycles. The molecule has 0 saturated carbocycles. The molecular weight excluding hydrogens is 398 g/mol. The van der Waals surface area contributed by atoms with Crippen LogP contribution >= 0.6 is 0 Å². The van der Waals surface area contributed by atoms with Gasteiger partial charge in [0.25, 0.3) is 5.91 Å². The highest BCUT2D eigenvalue weighted by molar-refractivity contribution is 7.89. The van der Waals surface area contributed by atoms with Gasteiger partial charge >= 0.3 is 5.97 Å². The van der Waals surface area contributed by atoms with Crippen molar-refractivity contribution in [2.45, 2.75) is 17.5 Å². The molecule has 10 heteroatoms. The third kappa shape index (κ3) is 6.95. The first-order valence-corrected chi connectivity index (χ1v) is 10.3. The highest BCUT2D eigenvalue weighted by Crippen LogP contribution is 2.09. The molecule has 0 aliphatic carbocycles. The van der Waals surface area contributed by atoms with Gasteiger partial charge in [0.1, 0.15) is 6.04 Å². The van der Waals surface area contributed by atoms with Crippen LogP contribution in [0, 0.1) is 0 Å². The lowest BCUT2D eigenvalue weighted by molar-refractivity contribution is -0.138. The van der Waals surface area contributed by atoms with Gasteiger partial charge in [0, 0.05) is 18.7 Å². The Morgan fingerprint density at radius 1 is 1.07 bits per heavy atom. The van der Waals surface area contributed by atoms with Crippen LogP contribution in [0.4, 0.5) is 0 Å². The Morgan fingerprint density at radius 2 is 1.72 bits per heavy atom. The number of nitrogens with two attached hydrogens (primary N) is 1. The quantitative estimate of drug-likeness (QED) is 0.382. The number of carbonyl (C=O) groups is 2. The van der Waals surface area contributed by atoms with Gasteiger partial charge in [-0.1, -0.05) is 30.3 Å². The van der Waals surface area contributed by atoms with E-state index >= 15 is 0 Å². The van der Waals surface area contributed by atoms with Gasteiger partial charge in [0.05, 0.1) is 18.1 Å². The number of sulfonamides is 1. The van der Waals surface area contributed by atoms with Crippen LogP contribution in [0.3, 0.4) is 0 Å². The molecule has 156 valence electrons. The fraction of sp³-hybridized carbons (Fsp3) is 0.263. The Labute approximate surface area is 168 Å². The average Bonchev–Trinajstić information content (AvgIpc) is 2.72. The van der Waals surface area contributed by atoms with Gasteiger partial charge in [0.15, 0.2) is 0 Å². The van der Waals surface area contributed by atoms with Gasteiger partial charge in [-0.25, -0.2) is 8.42 Å². The molecule has 1 atom stereocenters. The first-order valence-electron chi connectivity index (χ1n) is 8.78. The fourth-order valence-electron chi connectivity index (χ4n) is 2.36. The predicted octanol–water partition coefficient (Wildman–Crippen LogP) is 0.323. The molecule has 1 amide bonds. The van der Waals surface area contributed by atoms with Gasteiger partial charge in [0.2, 0.25) is 10.0 Å². The highest BCUT2D eigenvalue weighted by atomic mass is 32.2. The van der Waals surface area contributed by atoms with Crippen LogP contribution in [0.5, 0.6) is 0 Å². The van der Waals surface area contributed by atoms with Crippen molar-refractivity contribution in [1.29, 1.82) is 0 Å². The Bertz CT molecular complexity index is 917. The van der Waals surface area contributed by atoms with Crippen molar-refractivity contribution in [1.82, 2.24) is 10.0 Å². The monoisotopic (exact) mass is 421 g/mol. The van der Waals surface area contributed by atoms with E-state index < -0.39 is 34.5 Å². The van der Waals surface area contributed by atoms with E-state index in [1.54, 1.807) is 30.3 Å². The zero-order chi connectivity index (χ0) is 21.3. The Morgan fingerprint density at radius 3 is 2.31 bits per heavy atom. The van der Waals surface area contributed by atoms with Crippen LogP contribution in [-0.4, -0.2) is 51.1 Å². The molecule has 0 bridgehead atoms. The molecule has 1 unspecified atom stereocenters. The minimum Gasteiger partial charge on any atom is -0.480 e. The second-order valence-corrected chi connectivity index (χ2v) is 7.79. The molecule has 2 rings (SSSR count). The standard InChI is InChI=1S/C19H23N3O6S/c20-10-11-28-13-14-6-8-15(9-7-14)18(23)21-12-17(19(24)25)22-29(26,27)16-4-2-1-3-5-16/h1-9,17,22H,10-13,20H2,(H,21,23)(H,24,25). The Kier molecular flexibility index (Phi) is 8.28. The summed E-state index contributed by atoms with van der Waals surface area (Å²) in [6.45, 7) is 0.792. The summed E-state index contributed by atoms with van der Waals surface area (Å²) >= 11 is 0. The number of aliphatic carboxylic acids is 1. The molecule has 5 N–H and O–H groups in total. The second kappa shape index (κ2) is 10.7. The normalized spacial score (nSPS) is 12.3. The minimum atomic E-state index is -4.04. The third-order valence-electron chi connectivity index (χ3n) is 3.86. The molecule has 0 aliphatic heterocycles. The SMILES string of the molecule is NCCOCc1ccc(C(=O)NCC(NS(=O)(=O)c2ccccc2)C(=O)O)cc1. The lowest BCUT2D eigenvalue weighted by Gasteiger charge is -2.15. The summed E-state index contributed by atoms with van der Waals surface area (Å²) in [6, 6.07) is 12.4. The van der Waals surface area contributed by atoms with Crippen molar-refractivity contribution >= 4 is 21.9 Å². The number of amides is 1. The van der Waals surface area contributed by atoms with Crippen molar-refractivity contribution in [2.24, 2.45) is 5.73 Å². The van der Waals surface area contributed by atoms with E-state index in [1.165, 1.54) is 24.3 Å². The number of hydrogen-bond donors (Lipinski definition) is 4. The number of nitrogens with one attached hydrogen (secondary N) is 2. The van der Waals surface area contributed by atoms with Crippen LogP contribution in [0.25, 0.3) is 0 Å². The maximum atomic E-state index is 12.3. The maximum Gasteiger partial charge on any atom is 0.323 e. The van der Waals surface area contributed by atoms with E-state index in [1.807, 2.05) is 0 Å². The van der Waals surface area contributed by atoms with E-state index in [0.717, 1.165) is 5.56 Å². The van der Waals surface area contributed by atoms with Crippen molar-refractivity contribution < 1.29 is 27.9 Å². The molecule has 0 saturated heterocycles. The summed E-state index contributed by atoms with van der Waals surface area (Å²) in [5.41, 5.74) is 6.51. The highest BCUT2D eigenvalue weighted by Gasteiger charge is 2.25. The molecule has 9 nitrogen and oxygen atoms in total. The number of benzene rings is 2. The molecule has 2 aromatic carbocycles. The lowest BCUT2D eigenvalue weighted by atomic mass is 10.1. The van der Waals surface area contributed by atoms with Crippen LogP contribution in [0.2, 0.25) is 0 Å². The zero-order valence-electron chi connectivity index (χ0n) is 15.6. The van der Waals surface area contributed by atoms with Gasteiger partial charge in [-0.3, -0.25) is 9.59 Å². The van der Waals surface area contributed by atoms with Crippen LogP contribution in [0.1, 0.15) is 15.9 Å². The van der Waals surface area contributed by atoms with Crippen molar-refractivity contribution in [3.8, 4) is 0 Å². The maximum absolute atomic E-state index is 12.3. The number of hydrogen-bond acceptors (Lipinski definition) is 6. The molecule has 0 radical (unpaired) electrons. The van der Waals surface area contributed by atoms with Gasteiger partial charge in [-0.2, -0.15) is 4.72 Å². The largest absolute Gasteiger partial charge is 0.480 e. The molecule has 0 aliphatic rings. The second-order valence-electron chi connectivity index (χ2n) is 6.07. The molecular formula is C19H23N3O6S. The van der Waals surface area contributed by atoms with Crippen molar-refractivity contribution in [3.63, 3.8) is 0 Å². The third-order valence-corrected chi connectivity index (χ3v) is 5.35.